The Bertz CT molecular complexity index is 900. The Morgan fingerprint density at radius 3 is 2.76 bits per heavy atom. The molecular formula is C18H19FN4O2. The molecule has 0 radical (unpaired) electrons. The number of aromatic nitrogens is 3. The predicted octanol–water partition coefficient (Wildman–Crippen LogP) is 3.04. The van der Waals surface area contributed by atoms with E-state index in [4.69, 9.17) is 4.52 Å². The van der Waals surface area contributed by atoms with E-state index in [1.807, 2.05) is 6.92 Å². The molecule has 2 heterocycles. The normalized spacial score (nSPS) is 12.2. The lowest BCUT2D eigenvalue weighted by atomic mass is 10.1. The SMILES string of the molecule is Cc1cnn(-c2ccc([C@@H](C)NC(=O)Cc3cc(C)on3)cc2F)c1. The highest BCUT2D eigenvalue weighted by Gasteiger charge is 2.14. The highest BCUT2D eigenvalue weighted by Crippen LogP contribution is 2.20. The van der Waals surface area contributed by atoms with Gasteiger partial charge >= 0.3 is 0 Å². The first kappa shape index (κ1) is 16.9. The minimum atomic E-state index is -0.395. The summed E-state index contributed by atoms with van der Waals surface area (Å²) in [5.41, 5.74) is 2.56. The summed E-state index contributed by atoms with van der Waals surface area (Å²) >= 11 is 0. The number of halogens is 1. The molecule has 0 aliphatic carbocycles. The van der Waals surface area contributed by atoms with Crippen molar-refractivity contribution < 1.29 is 13.7 Å². The summed E-state index contributed by atoms with van der Waals surface area (Å²) in [6.07, 6.45) is 3.54. The van der Waals surface area contributed by atoms with Gasteiger partial charge in [0.25, 0.3) is 0 Å². The second-order valence-electron chi connectivity index (χ2n) is 6.07. The number of carbonyl (C=O) groups excluding carboxylic acids is 1. The molecule has 25 heavy (non-hydrogen) atoms. The van der Waals surface area contributed by atoms with Gasteiger partial charge in [-0.05, 0) is 44.0 Å². The Morgan fingerprint density at radius 1 is 1.36 bits per heavy atom. The number of nitrogens with zero attached hydrogens (tertiary/aromatic N) is 3. The van der Waals surface area contributed by atoms with Crippen molar-refractivity contribution in [2.45, 2.75) is 33.2 Å². The Balaban J connectivity index is 1.68. The number of rotatable bonds is 5. The van der Waals surface area contributed by atoms with Crippen LogP contribution >= 0.6 is 0 Å². The molecule has 2 aromatic heterocycles. The van der Waals surface area contributed by atoms with Crippen LogP contribution in [0.15, 0.2) is 41.2 Å². The summed E-state index contributed by atoms with van der Waals surface area (Å²) in [5.74, 6) is 0.0594. The minimum Gasteiger partial charge on any atom is -0.361 e. The lowest BCUT2D eigenvalue weighted by Crippen LogP contribution is -2.28. The monoisotopic (exact) mass is 342 g/mol. The molecule has 130 valence electrons. The molecule has 0 saturated carbocycles. The van der Waals surface area contributed by atoms with Gasteiger partial charge in [-0.1, -0.05) is 11.2 Å². The van der Waals surface area contributed by atoms with Gasteiger partial charge in [0, 0.05) is 12.3 Å². The van der Waals surface area contributed by atoms with Crippen LogP contribution in [0.3, 0.4) is 0 Å². The maximum absolute atomic E-state index is 14.4. The van der Waals surface area contributed by atoms with Crippen LogP contribution in [0.4, 0.5) is 4.39 Å². The molecule has 1 amide bonds. The smallest absolute Gasteiger partial charge is 0.226 e. The third-order valence-corrected chi connectivity index (χ3v) is 3.83. The van der Waals surface area contributed by atoms with Crippen LogP contribution in [-0.4, -0.2) is 20.8 Å². The van der Waals surface area contributed by atoms with E-state index in [1.165, 1.54) is 10.7 Å². The third-order valence-electron chi connectivity index (χ3n) is 3.83. The van der Waals surface area contributed by atoms with Crippen molar-refractivity contribution in [3.63, 3.8) is 0 Å². The number of carbonyl (C=O) groups is 1. The van der Waals surface area contributed by atoms with Gasteiger partial charge in [0.15, 0.2) is 0 Å². The molecule has 0 fully saturated rings. The second kappa shape index (κ2) is 6.88. The number of nitrogens with one attached hydrogen (secondary N) is 1. The van der Waals surface area contributed by atoms with E-state index in [-0.39, 0.29) is 18.4 Å². The van der Waals surface area contributed by atoms with Gasteiger partial charge in [0.1, 0.15) is 17.3 Å². The maximum Gasteiger partial charge on any atom is 0.226 e. The summed E-state index contributed by atoms with van der Waals surface area (Å²) in [5, 5.41) is 10.7. The number of benzene rings is 1. The predicted molar refractivity (Wildman–Crippen MR) is 89.8 cm³/mol. The van der Waals surface area contributed by atoms with E-state index in [2.05, 4.69) is 15.6 Å². The zero-order valence-corrected chi connectivity index (χ0v) is 14.3. The largest absolute Gasteiger partial charge is 0.361 e. The molecule has 6 nitrogen and oxygen atoms in total. The topological polar surface area (TPSA) is 73.0 Å². The molecule has 0 saturated heterocycles. The first-order chi connectivity index (χ1) is 11.9. The molecule has 3 rings (SSSR count). The van der Waals surface area contributed by atoms with Crippen molar-refractivity contribution in [3.8, 4) is 5.69 Å². The number of hydrogen-bond acceptors (Lipinski definition) is 4. The van der Waals surface area contributed by atoms with Crippen molar-refractivity contribution in [1.29, 1.82) is 0 Å². The van der Waals surface area contributed by atoms with Gasteiger partial charge in [0.05, 0.1) is 24.4 Å². The fourth-order valence-corrected chi connectivity index (χ4v) is 2.56. The molecule has 7 heteroatoms. The molecule has 0 unspecified atom stereocenters. The third kappa shape index (κ3) is 3.93. The molecule has 0 aliphatic rings. The van der Waals surface area contributed by atoms with Gasteiger partial charge in [0.2, 0.25) is 5.91 Å². The number of hydrogen-bond donors (Lipinski definition) is 1. The van der Waals surface area contributed by atoms with Gasteiger partial charge in [-0.2, -0.15) is 5.10 Å². The van der Waals surface area contributed by atoms with Gasteiger partial charge in [-0.3, -0.25) is 4.79 Å². The summed E-state index contributed by atoms with van der Waals surface area (Å²) in [4.78, 5) is 12.1. The Morgan fingerprint density at radius 2 is 2.16 bits per heavy atom. The van der Waals surface area contributed by atoms with E-state index in [9.17, 15) is 9.18 Å². The number of aryl methyl sites for hydroxylation is 2. The van der Waals surface area contributed by atoms with Gasteiger partial charge < -0.3 is 9.84 Å². The summed E-state index contributed by atoms with van der Waals surface area (Å²) < 4.78 is 20.8. The zero-order chi connectivity index (χ0) is 18.0. The number of amides is 1. The molecule has 1 atom stereocenters. The van der Waals surface area contributed by atoms with E-state index in [1.54, 1.807) is 44.4 Å². The fraction of sp³-hybridized carbons (Fsp3) is 0.278. The van der Waals surface area contributed by atoms with Crippen LogP contribution in [-0.2, 0) is 11.2 Å². The van der Waals surface area contributed by atoms with Crippen molar-refractivity contribution >= 4 is 5.91 Å². The van der Waals surface area contributed by atoms with Crippen molar-refractivity contribution in [2.75, 3.05) is 0 Å². The van der Waals surface area contributed by atoms with E-state index in [0.29, 0.717) is 22.7 Å². The summed E-state index contributed by atoms with van der Waals surface area (Å²) in [6.45, 7) is 5.46. The minimum absolute atomic E-state index is 0.120. The van der Waals surface area contributed by atoms with Crippen LogP contribution in [0.25, 0.3) is 5.69 Å². The lowest BCUT2D eigenvalue weighted by molar-refractivity contribution is -0.121. The Kier molecular flexibility index (Phi) is 4.65. The van der Waals surface area contributed by atoms with E-state index in [0.717, 1.165) is 5.56 Å². The molecule has 1 aromatic carbocycles. The van der Waals surface area contributed by atoms with E-state index < -0.39 is 5.82 Å². The van der Waals surface area contributed by atoms with Crippen molar-refractivity contribution in [1.82, 2.24) is 20.3 Å². The fourth-order valence-electron chi connectivity index (χ4n) is 2.56. The molecular weight excluding hydrogens is 323 g/mol. The molecule has 0 spiro atoms. The average molecular weight is 342 g/mol. The quantitative estimate of drug-likeness (QED) is 0.773. The van der Waals surface area contributed by atoms with Crippen LogP contribution in [0.2, 0.25) is 0 Å². The highest BCUT2D eigenvalue weighted by atomic mass is 19.1. The van der Waals surface area contributed by atoms with Crippen LogP contribution in [0.5, 0.6) is 0 Å². The van der Waals surface area contributed by atoms with Gasteiger partial charge in [-0.25, -0.2) is 9.07 Å². The standard InChI is InChI=1S/C18H19FN4O2/c1-11-9-20-23(10-11)17-5-4-14(7-16(17)19)13(3)21-18(24)8-15-6-12(2)25-22-15/h4-7,9-10,13H,8H2,1-3H3,(H,21,24)/t13-/m1/s1. The van der Waals surface area contributed by atoms with Crippen LogP contribution in [0.1, 0.15) is 35.5 Å². The molecule has 1 N–H and O–H groups in total. The lowest BCUT2D eigenvalue weighted by Gasteiger charge is -2.15. The maximum atomic E-state index is 14.4. The second-order valence-corrected chi connectivity index (χ2v) is 6.07. The van der Waals surface area contributed by atoms with Crippen LogP contribution < -0.4 is 5.32 Å². The van der Waals surface area contributed by atoms with Gasteiger partial charge in [-0.15, -0.1) is 0 Å². The first-order valence-electron chi connectivity index (χ1n) is 7.95. The summed E-state index contributed by atoms with van der Waals surface area (Å²) in [7, 11) is 0. The first-order valence-corrected chi connectivity index (χ1v) is 7.95. The zero-order valence-electron chi connectivity index (χ0n) is 14.3. The summed E-state index contributed by atoms with van der Waals surface area (Å²) in [6, 6.07) is 6.23. The Hall–Kier alpha value is -2.96. The molecule has 3 aromatic rings. The van der Waals surface area contributed by atoms with Crippen molar-refractivity contribution in [3.05, 3.63) is 65.1 Å². The highest BCUT2D eigenvalue weighted by molar-refractivity contribution is 5.78. The van der Waals surface area contributed by atoms with E-state index >= 15 is 0 Å². The van der Waals surface area contributed by atoms with Crippen molar-refractivity contribution in [2.24, 2.45) is 0 Å². The molecule has 0 bridgehead atoms. The van der Waals surface area contributed by atoms with Crippen LogP contribution in [0, 0.1) is 19.7 Å². The molecule has 0 aliphatic heterocycles. The average Bonchev–Trinajstić information content (AvgIpc) is 3.15. The Labute approximate surface area is 144 Å².